The normalized spacial score (nSPS) is 14.9. The van der Waals surface area contributed by atoms with Gasteiger partial charge in [0.2, 0.25) is 0 Å². The zero-order valence-corrected chi connectivity index (χ0v) is 31.2. The van der Waals surface area contributed by atoms with Gasteiger partial charge in [0.1, 0.15) is 0 Å². The number of aromatic nitrogens is 1. The fraction of sp³-hybridized carbons (Fsp3) is 0.0980. The lowest BCUT2D eigenvalue weighted by Crippen LogP contribution is -2.22. The van der Waals surface area contributed by atoms with E-state index >= 15 is 0 Å². The highest BCUT2D eigenvalue weighted by Crippen LogP contribution is 2.52. The predicted molar refractivity (Wildman–Crippen MR) is 231 cm³/mol. The Bertz CT molecular complexity index is 2970. The first kappa shape index (κ1) is 31.4. The average Bonchev–Trinajstić information content (AvgIpc) is 3.84. The van der Waals surface area contributed by atoms with E-state index in [0.717, 1.165) is 12.8 Å². The Morgan fingerprint density at radius 2 is 1.15 bits per heavy atom. The quantitative estimate of drug-likeness (QED) is 0.173. The zero-order chi connectivity index (χ0) is 36.0. The zero-order valence-electron chi connectivity index (χ0n) is 30.4. The minimum atomic E-state index is -0.0445. The highest BCUT2D eigenvalue weighted by atomic mass is 32.1. The van der Waals surface area contributed by atoms with Crippen LogP contribution in [0.4, 0.5) is 11.4 Å². The van der Waals surface area contributed by atoms with Crippen LogP contribution in [-0.2, 0) is 5.41 Å². The van der Waals surface area contributed by atoms with Crippen LogP contribution in [0.1, 0.15) is 37.8 Å². The van der Waals surface area contributed by atoms with E-state index in [1.54, 1.807) is 0 Å². The molecule has 9 aromatic rings. The van der Waals surface area contributed by atoms with Crippen molar-refractivity contribution in [3.63, 3.8) is 0 Å². The van der Waals surface area contributed by atoms with Crippen LogP contribution in [0.5, 0.6) is 0 Å². The van der Waals surface area contributed by atoms with E-state index in [-0.39, 0.29) is 5.41 Å². The van der Waals surface area contributed by atoms with Crippen molar-refractivity contribution in [2.24, 2.45) is 0 Å². The minimum Gasteiger partial charge on any atom is -0.314 e. The number of hydrogen-bond donors (Lipinski definition) is 0. The van der Waals surface area contributed by atoms with Gasteiger partial charge in [0.25, 0.3) is 0 Å². The van der Waals surface area contributed by atoms with E-state index < -0.39 is 0 Å². The largest absolute Gasteiger partial charge is 0.314 e. The Labute approximate surface area is 319 Å². The van der Waals surface area contributed by atoms with Gasteiger partial charge in [0.15, 0.2) is 0 Å². The second kappa shape index (κ2) is 11.9. The smallest absolute Gasteiger partial charge is 0.0541 e. The Kier molecular flexibility index (Phi) is 6.93. The van der Waals surface area contributed by atoms with Gasteiger partial charge in [-0.15, -0.1) is 11.3 Å². The van der Waals surface area contributed by atoms with Crippen molar-refractivity contribution in [3.05, 3.63) is 192 Å². The molecule has 0 atom stereocenters. The summed E-state index contributed by atoms with van der Waals surface area (Å²) in [6.45, 7) is 4.79. The molecule has 54 heavy (non-hydrogen) atoms. The molecule has 7 aromatic carbocycles. The second-order valence-corrected chi connectivity index (χ2v) is 16.3. The van der Waals surface area contributed by atoms with Crippen LogP contribution in [0, 0.1) is 0 Å². The average molecular weight is 711 g/mol. The number of para-hydroxylation sites is 3. The molecule has 0 N–H and O–H groups in total. The molecule has 258 valence electrons. The Balaban J connectivity index is 1.06. The summed E-state index contributed by atoms with van der Waals surface area (Å²) < 4.78 is 5.09. The SMILES string of the molecule is CC1(C)C2=C(CCC(N(c3ccc(-c4ccccc4-n4c5ccccc5c5ccccc54)cc3)c3ccc4sc5ccccc5c4c3)=C2)c2ccccc21. The van der Waals surface area contributed by atoms with Gasteiger partial charge < -0.3 is 9.47 Å². The fourth-order valence-electron chi connectivity index (χ4n) is 9.38. The maximum Gasteiger partial charge on any atom is 0.0541 e. The third-order valence-electron chi connectivity index (χ3n) is 11.9. The van der Waals surface area contributed by atoms with E-state index in [1.807, 2.05) is 11.3 Å². The number of allylic oxidation sites excluding steroid dienone is 4. The first-order valence-corrected chi connectivity index (χ1v) is 19.8. The van der Waals surface area contributed by atoms with E-state index in [4.69, 9.17) is 0 Å². The lowest BCUT2D eigenvalue weighted by molar-refractivity contribution is 0.648. The third-order valence-corrected chi connectivity index (χ3v) is 13.1. The molecule has 0 bridgehead atoms. The van der Waals surface area contributed by atoms with Crippen molar-refractivity contribution >= 4 is 70.3 Å². The molecule has 11 rings (SSSR count). The molecule has 2 nitrogen and oxygen atoms in total. The van der Waals surface area contributed by atoms with Gasteiger partial charge in [0.05, 0.1) is 16.7 Å². The molecule has 2 heterocycles. The van der Waals surface area contributed by atoms with Gasteiger partial charge >= 0.3 is 0 Å². The van der Waals surface area contributed by atoms with Gasteiger partial charge in [-0.3, -0.25) is 0 Å². The van der Waals surface area contributed by atoms with Crippen molar-refractivity contribution < 1.29 is 0 Å². The molecule has 2 aliphatic carbocycles. The summed E-state index contributed by atoms with van der Waals surface area (Å²) in [4.78, 5) is 2.53. The van der Waals surface area contributed by atoms with Crippen LogP contribution in [-0.4, -0.2) is 4.57 Å². The maximum absolute atomic E-state index is 2.53. The first-order chi connectivity index (χ1) is 26.5. The summed E-state index contributed by atoms with van der Waals surface area (Å²) in [7, 11) is 0. The lowest BCUT2D eigenvalue weighted by Gasteiger charge is -2.33. The van der Waals surface area contributed by atoms with Gasteiger partial charge in [-0.1, -0.05) is 123 Å². The molecule has 0 spiro atoms. The van der Waals surface area contributed by atoms with Crippen LogP contribution in [0.25, 0.3) is 64.4 Å². The molecule has 0 unspecified atom stereocenters. The number of hydrogen-bond acceptors (Lipinski definition) is 2. The monoisotopic (exact) mass is 710 g/mol. The Morgan fingerprint density at radius 1 is 0.537 bits per heavy atom. The van der Waals surface area contributed by atoms with Gasteiger partial charge in [-0.2, -0.15) is 0 Å². The summed E-state index contributed by atoms with van der Waals surface area (Å²) in [5, 5.41) is 5.19. The number of anilines is 2. The molecule has 0 fully saturated rings. The van der Waals surface area contributed by atoms with Crippen molar-refractivity contribution in [3.8, 4) is 16.8 Å². The van der Waals surface area contributed by atoms with Crippen LogP contribution in [0.15, 0.2) is 181 Å². The van der Waals surface area contributed by atoms with Crippen molar-refractivity contribution in [1.29, 1.82) is 0 Å². The number of rotatable bonds is 5. The van der Waals surface area contributed by atoms with Crippen LogP contribution < -0.4 is 4.90 Å². The predicted octanol–water partition coefficient (Wildman–Crippen LogP) is 14.4. The van der Waals surface area contributed by atoms with Crippen LogP contribution in [0.2, 0.25) is 0 Å². The van der Waals surface area contributed by atoms with Gasteiger partial charge in [-0.25, -0.2) is 0 Å². The number of thiophene rings is 1. The highest BCUT2D eigenvalue weighted by Gasteiger charge is 2.38. The van der Waals surface area contributed by atoms with Crippen molar-refractivity contribution in [2.45, 2.75) is 32.1 Å². The number of fused-ring (bicyclic) bond motifs is 8. The summed E-state index contributed by atoms with van der Waals surface area (Å²) >= 11 is 1.88. The van der Waals surface area contributed by atoms with E-state index in [9.17, 15) is 0 Å². The topological polar surface area (TPSA) is 8.17 Å². The standard InChI is InChI=1S/C51H38N2S/c1-51(2)44-18-8-3-14-38(44)39-29-27-36(32-45(39)51)52(35-28-30-50-43(31-35)42-17-7-12-22-49(42)54-50)34-25-23-33(24-26-34)37-13-4-9-19-46(37)53-47-20-10-5-15-40(47)41-16-6-11-21-48(41)53/h3-26,28,30-32H,27,29H2,1-2H3. The molecular formula is C51H38N2S. The molecule has 3 heteroatoms. The van der Waals surface area contributed by atoms with E-state index in [2.05, 4.69) is 193 Å². The van der Waals surface area contributed by atoms with Gasteiger partial charge in [0, 0.05) is 59.0 Å². The van der Waals surface area contributed by atoms with E-state index in [0.29, 0.717) is 0 Å². The van der Waals surface area contributed by atoms with E-state index in [1.165, 1.54) is 98.1 Å². The highest BCUT2D eigenvalue weighted by molar-refractivity contribution is 7.25. The Hall–Kier alpha value is -6.16. The third kappa shape index (κ3) is 4.65. The molecule has 0 saturated carbocycles. The molecule has 0 aliphatic heterocycles. The molecule has 2 aromatic heterocycles. The van der Waals surface area contributed by atoms with Gasteiger partial charge in [-0.05, 0) is 101 Å². The summed E-state index contributed by atoms with van der Waals surface area (Å²) in [5.74, 6) is 0. The number of benzene rings is 7. The van der Waals surface area contributed by atoms with Crippen LogP contribution in [0.3, 0.4) is 0 Å². The molecule has 0 radical (unpaired) electrons. The number of nitrogens with zero attached hydrogens (tertiary/aromatic N) is 2. The Morgan fingerprint density at radius 3 is 1.93 bits per heavy atom. The van der Waals surface area contributed by atoms with Crippen molar-refractivity contribution in [1.82, 2.24) is 4.57 Å². The summed E-state index contributed by atoms with van der Waals surface area (Å²) in [5.41, 5.74) is 15.5. The molecular weight excluding hydrogens is 673 g/mol. The summed E-state index contributed by atoms with van der Waals surface area (Å²) in [6.07, 6.45) is 4.52. The maximum atomic E-state index is 2.53. The van der Waals surface area contributed by atoms with Crippen molar-refractivity contribution in [2.75, 3.05) is 4.90 Å². The minimum absolute atomic E-state index is 0.0445. The lowest BCUT2D eigenvalue weighted by atomic mass is 9.79. The second-order valence-electron chi connectivity index (χ2n) is 15.2. The molecule has 2 aliphatic rings. The van der Waals surface area contributed by atoms with Crippen LogP contribution >= 0.6 is 11.3 Å². The molecule has 0 amide bonds. The fourth-order valence-corrected chi connectivity index (χ4v) is 10.5. The first-order valence-electron chi connectivity index (χ1n) is 19.0. The molecule has 0 saturated heterocycles. The summed E-state index contributed by atoms with van der Waals surface area (Å²) in [6, 6.07) is 60.5.